The first-order valence-corrected chi connectivity index (χ1v) is 7.22. The third-order valence-corrected chi connectivity index (χ3v) is 3.01. The monoisotopic (exact) mass is 319 g/mol. The number of carbonyl (C=O) groups is 2. The quantitative estimate of drug-likeness (QED) is 0.731. The van der Waals surface area contributed by atoms with Gasteiger partial charge in [0.05, 0.1) is 0 Å². The number of aryl methyl sites for hydroxylation is 1. The van der Waals surface area contributed by atoms with Gasteiger partial charge < -0.3 is 14.9 Å². The molecule has 1 amide bonds. The molecule has 1 unspecified atom stereocenters. The number of rotatable bonds is 8. The van der Waals surface area contributed by atoms with E-state index in [1.807, 2.05) is 6.92 Å². The van der Waals surface area contributed by atoms with Crippen LogP contribution in [0.15, 0.2) is 23.0 Å². The Morgan fingerprint density at radius 3 is 2.70 bits per heavy atom. The SMILES string of the molecule is CCCC(NC(=O)CCc1nc(-c2ncccn2)no1)C(=O)O. The minimum Gasteiger partial charge on any atom is -0.480 e. The summed E-state index contributed by atoms with van der Waals surface area (Å²) in [7, 11) is 0. The molecule has 0 fully saturated rings. The predicted octanol–water partition coefficient (Wildman–Crippen LogP) is 0.829. The van der Waals surface area contributed by atoms with Gasteiger partial charge in [-0.1, -0.05) is 18.5 Å². The number of aromatic nitrogens is 4. The lowest BCUT2D eigenvalue weighted by Crippen LogP contribution is -2.40. The molecule has 0 spiro atoms. The number of nitrogens with one attached hydrogen (secondary N) is 1. The van der Waals surface area contributed by atoms with E-state index in [-0.39, 0.29) is 30.5 Å². The summed E-state index contributed by atoms with van der Waals surface area (Å²) in [4.78, 5) is 34.9. The van der Waals surface area contributed by atoms with E-state index in [9.17, 15) is 9.59 Å². The maximum Gasteiger partial charge on any atom is 0.326 e. The average molecular weight is 319 g/mol. The molecule has 0 aliphatic carbocycles. The first-order valence-electron chi connectivity index (χ1n) is 7.22. The number of hydrogen-bond donors (Lipinski definition) is 2. The second-order valence-corrected chi connectivity index (χ2v) is 4.83. The predicted molar refractivity (Wildman–Crippen MR) is 78.1 cm³/mol. The van der Waals surface area contributed by atoms with Crippen LogP contribution in [0.25, 0.3) is 11.6 Å². The zero-order valence-electron chi connectivity index (χ0n) is 12.6. The molecular formula is C14H17N5O4. The van der Waals surface area contributed by atoms with Crippen molar-refractivity contribution in [3.05, 3.63) is 24.4 Å². The summed E-state index contributed by atoms with van der Waals surface area (Å²) in [6.07, 6.45) is 4.45. The lowest BCUT2D eigenvalue weighted by Gasteiger charge is -2.12. The van der Waals surface area contributed by atoms with Gasteiger partial charge in [0.25, 0.3) is 0 Å². The fourth-order valence-electron chi connectivity index (χ4n) is 1.89. The summed E-state index contributed by atoms with van der Waals surface area (Å²) >= 11 is 0. The highest BCUT2D eigenvalue weighted by molar-refractivity contribution is 5.83. The van der Waals surface area contributed by atoms with Crippen LogP contribution in [0.4, 0.5) is 0 Å². The minimum atomic E-state index is -1.04. The number of carboxylic acid groups (broad SMARTS) is 1. The number of carbonyl (C=O) groups excluding carboxylic acids is 1. The maximum absolute atomic E-state index is 11.8. The molecule has 2 rings (SSSR count). The number of hydrogen-bond acceptors (Lipinski definition) is 7. The van der Waals surface area contributed by atoms with E-state index in [1.54, 1.807) is 18.5 Å². The van der Waals surface area contributed by atoms with E-state index >= 15 is 0 Å². The Labute approximate surface area is 132 Å². The van der Waals surface area contributed by atoms with Crippen molar-refractivity contribution >= 4 is 11.9 Å². The van der Waals surface area contributed by atoms with Gasteiger partial charge in [0.15, 0.2) is 0 Å². The van der Waals surface area contributed by atoms with E-state index in [0.29, 0.717) is 18.7 Å². The molecule has 0 radical (unpaired) electrons. The van der Waals surface area contributed by atoms with Crippen LogP contribution in [0.1, 0.15) is 32.1 Å². The molecule has 9 heteroatoms. The summed E-state index contributed by atoms with van der Waals surface area (Å²) in [5.41, 5.74) is 0. The smallest absolute Gasteiger partial charge is 0.326 e. The third kappa shape index (κ3) is 4.83. The van der Waals surface area contributed by atoms with Gasteiger partial charge in [0.1, 0.15) is 6.04 Å². The lowest BCUT2D eigenvalue weighted by molar-refractivity contribution is -0.142. The molecule has 2 aromatic rings. The van der Waals surface area contributed by atoms with Gasteiger partial charge in [-0.3, -0.25) is 4.79 Å². The first-order chi connectivity index (χ1) is 11.1. The van der Waals surface area contributed by atoms with Crippen LogP contribution in [0.3, 0.4) is 0 Å². The number of aliphatic carboxylic acids is 1. The molecular weight excluding hydrogens is 302 g/mol. The normalized spacial score (nSPS) is 11.9. The van der Waals surface area contributed by atoms with Crippen LogP contribution in [0, 0.1) is 0 Å². The molecule has 9 nitrogen and oxygen atoms in total. The van der Waals surface area contributed by atoms with Crippen LogP contribution >= 0.6 is 0 Å². The highest BCUT2D eigenvalue weighted by atomic mass is 16.5. The number of carboxylic acids is 1. The second kappa shape index (κ2) is 7.97. The topological polar surface area (TPSA) is 131 Å². The van der Waals surface area contributed by atoms with Gasteiger partial charge in [-0.05, 0) is 12.5 Å². The van der Waals surface area contributed by atoms with E-state index in [2.05, 4.69) is 25.4 Å². The van der Waals surface area contributed by atoms with Gasteiger partial charge in [0, 0.05) is 25.2 Å². The lowest BCUT2D eigenvalue weighted by atomic mass is 10.1. The van der Waals surface area contributed by atoms with Crippen LogP contribution in [-0.2, 0) is 16.0 Å². The summed E-state index contributed by atoms with van der Waals surface area (Å²) in [5.74, 6) is -0.565. The standard InChI is InChI=1S/C14H17N5O4/c1-2-4-9(14(21)22)17-10(20)5-6-11-18-13(19-23-11)12-15-7-3-8-16-12/h3,7-9H,2,4-6H2,1H3,(H,17,20)(H,21,22). The van der Waals surface area contributed by atoms with E-state index < -0.39 is 12.0 Å². The Bertz CT molecular complexity index is 658. The Kier molecular flexibility index (Phi) is 5.73. The van der Waals surface area contributed by atoms with Gasteiger partial charge in [-0.15, -0.1) is 0 Å². The molecule has 0 saturated heterocycles. The third-order valence-electron chi connectivity index (χ3n) is 3.01. The van der Waals surface area contributed by atoms with Crippen molar-refractivity contribution in [2.45, 2.75) is 38.6 Å². The summed E-state index contributed by atoms with van der Waals surface area (Å²) in [6, 6.07) is 0.799. The molecule has 23 heavy (non-hydrogen) atoms. The zero-order valence-corrected chi connectivity index (χ0v) is 12.6. The van der Waals surface area contributed by atoms with Crippen LogP contribution in [0.2, 0.25) is 0 Å². The molecule has 0 aromatic carbocycles. The van der Waals surface area contributed by atoms with Crippen molar-refractivity contribution in [2.75, 3.05) is 0 Å². The Morgan fingerprint density at radius 2 is 2.04 bits per heavy atom. The van der Waals surface area contributed by atoms with Gasteiger partial charge in [-0.25, -0.2) is 14.8 Å². The maximum atomic E-state index is 11.8. The molecule has 0 aliphatic heterocycles. The van der Waals surface area contributed by atoms with Crippen molar-refractivity contribution in [3.8, 4) is 11.6 Å². The van der Waals surface area contributed by atoms with Crippen molar-refractivity contribution in [3.63, 3.8) is 0 Å². The summed E-state index contributed by atoms with van der Waals surface area (Å²) < 4.78 is 5.03. The molecule has 2 aromatic heterocycles. The fourth-order valence-corrected chi connectivity index (χ4v) is 1.89. The van der Waals surface area contributed by atoms with Crippen molar-refractivity contribution in [2.24, 2.45) is 0 Å². The summed E-state index contributed by atoms with van der Waals surface area (Å²) in [5, 5.41) is 15.2. The molecule has 122 valence electrons. The highest BCUT2D eigenvalue weighted by Gasteiger charge is 2.19. The largest absolute Gasteiger partial charge is 0.480 e. The van der Waals surface area contributed by atoms with E-state index in [0.717, 1.165) is 0 Å². The van der Waals surface area contributed by atoms with Crippen molar-refractivity contribution in [1.29, 1.82) is 0 Å². The minimum absolute atomic E-state index is 0.0603. The Hall–Kier alpha value is -2.84. The first kappa shape index (κ1) is 16.5. The average Bonchev–Trinajstić information content (AvgIpc) is 3.02. The molecule has 0 bridgehead atoms. The van der Waals surface area contributed by atoms with Crippen LogP contribution in [0.5, 0.6) is 0 Å². The molecule has 2 N–H and O–H groups in total. The number of nitrogens with zero attached hydrogens (tertiary/aromatic N) is 4. The second-order valence-electron chi connectivity index (χ2n) is 4.83. The van der Waals surface area contributed by atoms with Gasteiger partial charge >= 0.3 is 5.97 Å². The zero-order chi connectivity index (χ0) is 16.7. The van der Waals surface area contributed by atoms with Crippen molar-refractivity contribution in [1.82, 2.24) is 25.4 Å². The highest BCUT2D eigenvalue weighted by Crippen LogP contribution is 2.10. The Morgan fingerprint density at radius 1 is 1.30 bits per heavy atom. The summed E-state index contributed by atoms with van der Waals surface area (Å²) in [6.45, 7) is 1.85. The van der Waals surface area contributed by atoms with Gasteiger partial charge in [-0.2, -0.15) is 4.98 Å². The fraction of sp³-hybridized carbons (Fsp3) is 0.429. The number of amides is 1. The van der Waals surface area contributed by atoms with Crippen molar-refractivity contribution < 1.29 is 19.2 Å². The molecule has 0 aliphatic rings. The molecule has 2 heterocycles. The molecule has 0 saturated carbocycles. The Balaban J connectivity index is 1.87. The van der Waals surface area contributed by atoms with Crippen LogP contribution < -0.4 is 5.32 Å². The molecule has 1 atom stereocenters. The van der Waals surface area contributed by atoms with E-state index in [1.165, 1.54) is 0 Å². The van der Waals surface area contributed by atoms with Gasteiger partial charge in [0.2, 0.25) is 23.4 Å². The van der Waals surface area contributed by atoms with Crippen LogP contribution in [-0.4, -0.2) is 43.1 Å². The van der Waals surface area contributed by atoms with E-state index in [4.69, 9.17) is 9.63 Å².